The van der Waals surface area contributed by atoms with Crippen LogP contribution in [0.15, 0.2) is 52.9 Å². The van der Waals surface area contributed by atoms with Crippen molar-refractivity contribution >= 4 is 16.7 Å². The number of nitro benzene ring substituents is 1. The van der Waals surface area contributed by atoms with E-state index in [1.807, 2.05) is 12.1 Å². The molecule has 3 rings (SSSR count). The summed E-state index contributed by atoms with van der Waals surface area (Å²) in [5, 5.41) is 21.8. The van der Waals surface area contributed by atoms with Gasteiger partial charge in [0.1, 0.15) is 11.9 Å². The van der Waals surface area contributed by atoms with E-state index in [0.717, 1.165) is 5.39 Å². The number of hydrogen-bond donors (Lipinski definition) is 1. The Morgan fingerprint density at radius 1 is 1.23 bits per heavy atom. The molecule has 112 valence electrons. The van der Waals surface area contributed by atoms with Gasteiger partial charge in [0.05, 0.1) is 12.0 Å². The number of furan rings is 1. The first-order valence-electron chi connectivity index (χ1n) is 6.59. The molecule has 0 saturated carbocycles. The number of aliphatic hydroxyl groups excluding tert-OH is 1. The Bertz CT molecular complexity index is 822. The van der Waals surface area contributed by atoms with Crippen molar-refractivity contribution < 1.29 is 19.2 Å². The first-order valence-corrected chi connectivity index (χ1v) is 6.59. The highest BCUT2D eigenvalue weighted by Gasteiger charge is 2.18. The van der Waals surface area contributed by atoms with Crippen LogP contribution < -0.4 is 4.74 Å². The topological polar surface area (TPSA) is 85.7 Å². The Morgan fingerprint density at radius 2 is 1.95 bits per heavy atom. The van der Waals surface area contributed by atoms with Crippen LogP contribution in [0, 0.1) is 10.1 Å². The molecule has 1 aromatic heterocycles. The highest BCUT2D eigenvalue weighted by atomic mass is 16.6. The number of rotatable bonds is 4. The highest BCUT2D eigenvalue weighted by Crippen LogP contribution is 2.33. The molecule has 0 aliphatic heterocycles. The number of fused-ring (bicyclic) bond motifs is 1. The van der Waals surface area contributed by atoms with E-state index < -0.39 is 11.0 Å². The van der Waals surface area contributed by atoms with Gasteiger partial charge in [-0.2, -0.15) is 0 Å². The van der Waals surface area contributed by atoms with Gasteiger partial charge in [0, 0.05) is 17.5 Å². The first kappa shape index (κ1) is 14.1. The Labute approximate surface area is 125 Å². The SMILES string of the molecule is COc1cccc2cc([C@H](O)c3ccc([N+](=O)[O-])cc3)oc12. The van der Waals surface area contributed by atoms with Crippen LogP contribution in [0.3, 0.4) is 0 Å². The van der Waals surface area contributed by atoms with Crippen molar-refractivity contribution in [1.29, 1.82) is 0 Å². The molecule has 0 aliphatic rings. The predicted octanol–water partition coefficient (Wildman–Crippen LogP) is 3.43. The molecule has 0 radical (unpaired) electrons. The fraction of sp³-hybridized carbons (Fsp3) is 0.125. The number of non-ortho nitro benzene ring substituents is 1. The molecule has 0 aliphatic carbocycles. The molecule has 2 aromatic carbocycles. The maximum Gasteiger partial charge on any atom is 0.269 e. The van der Waals surface area contributed by atoms with Gasteiger partial charge in [0.15, 0.2) is 11.3 Å². The van der Waals surface area contributed by atoms with E-state index in [0.29, 0.717) is 22.7 Å². The summed E-state index contributed by atoms with van der Waals surface area (Å²) in [4.78, 5) is 10.2. The number of ether oxygens (including phenoxy) is 1. The summed E-state index contributed by atoms with van der Waals surface area (Å²) in [5.74, 6) is 0.938. The van der Waals surface area contributed by atoms with Gasteiger partial charge in [-0.15, -0.1) is 0 Å². The van der Waals surface area contributed by atoms with E-state index in [1.165, 1.54) is 24.3 Å². The second-order valence-electron chi connectivity index (χ2n) is 4.78. The van der Waals surface area contributed by atoms with Crippen LogP contribution >= 0.6 is 0 Å². The molecule has 0 bridgehead atoms. The van der Waals surface area contributed by atoms with Crippen molar-refractivity contribution in [2.75, 3.05) is 7.11 Å². The minimum Gasteiger partial charge on any atom is -0.493 e. The largest absolute Gasteiger partial charge is 0.493 e. The number of benzene rings is 2. The summed E-state index contributed by atoms with van der Waals surface area (Å²) < 4.78 is 10.9. The average molecular weight is 299 g/mol. The minimum absolute atomic E-state index is 0.0257. The molecule has 0 fully saturated rings. The van der Waals surface area contributed by atoms with E-state index in [1.54, 1.807) is 19.2 Å². The molecule has 6 nitrogen and oxygen atoms in total. The number of nitrogens with zero attached hydrogens (tertiary/aromatic N) is 1. The zero-order valence-electron chi connectivity index (χ0n) is 11.7. The van der Waals surface area contributed by atoms with E-state index in [4.69, 9.17) is 9.15 Å². The van der Waals surface area contributed by atoms with Crippen LogP contribution in [-0.2, 0) is 0 Å². The van der Waals surface area contributed by atoms with Gasteiger partial charge in [0.2, 0.25) is 0 Å². The van der Waals surface area contributed by atoms with Crippen LogP contribution in [-0.4, -0.2) is 17.1 Å². The molecule has 22 heavy (non-hydrogen) atoms. The third-order valence-corrected chi connectivity index (χ3v) is 3.44. The Hall–Kier alpha value is -2.86. The van der Waals surface area contributed by atoms with E-state index in [9.17, 15) is 15.2 Å². The number of nitro groups is 1. The van der Waals surface area contributed by atoms with Gasteiger partial charge in [-0.25, -0.2) is 0 Å². The zero-order chi connectivity index (χ0) is 15.7. The summed E-state index contributed by atoms with van der Waals surface area (Å²) in [6.45, 7) is 0. The lowest BCUT2D eigenvalue weighted by Crippen LogP contribution is -1.98. The first-order chi connectivity index (χ1) is 10.6. The Kier molecular flexibility index (Phi) is 3.52. The van der Waals surface area contributed by atoms with Crippen LogP contribution in [0.1, 0.15) is 17.4 Å². The predicted molar refractivity (Wildman–Crippen MR) is 79.9 cm³/mol. The summed E-state index contributed by atoms with van der Waals surface area (Å²) >= 11 is 0. The lowest BCUT2D eigenvalue weighted by atomic mass is 10.1. The van der Waals surface area contributed by atoms with Crippen molar-refractivity contribution in [2.45, 2.75) is 6.10 Å². The Morgan fingerprint density at radius 3 is 2.59 bits per heavy atom. The zero-order valence-corrected chi connectivity index (χ0v) is 11.7. The van der Waals surface area contributed by atoms with Gasteiger partial charge >= 0.3 is 0 Å². The van der Waals surface area contributed by atoms with Crippen LogP contribution in [0.25, 0.3) is 11.0 Å². The summed E-state index contributed by atoms with van der Waals surface area (Å²) in [6.07, 6.45) is -1.00. The molecule has 1 atom stereocenters. The van der Waals surface area contributed by atoms with Gasteiger partial charge in [-0.1, -0.05) is 12.1 Å². The van der Waals surface area contributed by atoms with E-state index >= 15 is 0 Å². The molecule has 1 N–H and O–H groups in total. The quantitative estimate of drug-likeness (QED) is 0.589. The average Bonchev–Trinajstić information content (AvgIpc) is 2.98. The van der Waals surface area contributed by atoms with Crippen LogP contribution in [0.5, 0.6) is 5.75 Å². The molecule has 0 unspecified atom stereocenters. The van der Waals surface area contributed by atoms with Crippen LogP contribution in [0.4, 0.5) is 5.69 Å². The van der Waals surface area contributed by atoms with Crippen molar-refractivity contribution in [3.05, 3.63) is 70.0 Å². The number of hydrogen-bond acceptors (Lipinski definition) is 5. The van der Waals surface area contributed by atoms with E-state index in [2.05, 4.69) is 0 Å². The number of methoxy groups -OCH3 is 1. The molecule has 6 heteroatoms. The lowest BCUT2D eigenvalue weighted by Gasteiger charge is -2.07. The van der Waals surface area contributed by atoms with Crippen LogP contribution in [0.2, 0.25) is 0 Å². The highest BCUT2D eigenvalue weighted by molar-refractivity contribution is 5.83. The summed E-state index contributed by atoms with van der Waals surface area (Å²) in [6, 6.07) is 12.9. The molecule has 0 amide bonds. The summed E-state index contributed by atoms with van der Waals surface area (Å²) in [5.41, 5.74) is 1.05. The Balaban J connectivity index is 1.97. The molecular weight excluding hydrogens is 286 g/mol. The number of para-hydroxylation sites is 1. The van der Waals surface area contributed by atoms with Crippen molar-refractivity contribution in [3.63, 3.8) is 0 Å². The fourth-order valence-corrected chi connectivity index (χ4v) is 2.29. The van der Waals surface area contributed by atoms with E-state index in [-0.39, 0.29) is 5.69 Å². The van der Waals surface area contributed by atoms with Gasteiger partial charge in [-0.05, 0) is 29.8 Å². The van der Waals surface area contributed by atoms with Gasteiger partial charge in [-0.3, -0.25) is 10.1 Å². The molecule has 0 saturated heterocycles. The maximum atomic E-state index is 10.7. The monoisotopic (exact) mass is 299 g/mol. The van der Waals surface area contributed by atoms with Gasteiger partial charge in [0.25, 0.3) is 5.69 Å². The van der Waals surface area contributed by atoms with Crippen molar-refractivity contribution in [3.8, 4) is 5.75 Å². The second-order valence-corrected chi connectivity index (χ2v) is 4.78. The standard InChI is InChI=1S/C16H13NO5/c1-21-13-4-2-3-11-9-14(22-16(11)13)15(18)10-5-7-12(8-6-10)17(19)20/h2-9,15,18H,1H3/t15-/m1/s1. The summed E-state index contributed by atoms with van der Waals surface area (Å²) in [7, 11) is 1.55. The third-order valence-electron chi connectivity index (χ3n) is 3.44. The fourth-order valence-electron chi connectivity index (χ4n) is 2.29. The molecule has 1 heterocycles. The molecular formula is C16H13NO5. The third kappa shape index (κ3) is 2.40. The van der Waals surface area contributed by atoms with Crippen molar-refractivity contribution in [2.24, 2.45) is 0 Å². The van der Waals surface area contributed by atoms with Crippen molar-refractivity contribution in [1.82, 2.24) is 0 Å². The minimum atomic E-state index is -1.00. The lowest BCUT2D eigenvalue weighted by molar-refractivity contribution is -0.384. The smallest absolute Gasteiger partial charge is 0.269 e. The second kappa shape index (κ2) is 5.50. The number of aliphatic hydroxyl groups is 1. The maximum absolute atomic E-state index is 10.7. The molecule has 0 spiro atoms. The normalized spacial score (nSPS) is 12.3. The van der Waals surface area contributed by atoms with Gasteiger partial charge < -0.3 is 14.3 Å². The molecule has 3 aromatic rings.